The number of fused-ring (bicyclic) bond motifs is 1. The number of phenolic OH excluding ortho intramolecular Hbond substituents is 1. The molecule has 0 aliphatic heterocycles. The molecule has 1 aromatic heterocycles. The summed E-state index contributed by atoms with van der Waals surface area (Å²) in [7, 11) is 0. The van der Waals surface area contributed by atoms with Gasteiger partial charge in [-0.1, -0.05) is 48.5 Å². The van der Waals surface area contributed by atoms with E-state index in [9.17, 15) is 14.7 Å². The lowest BCUT2D eigenvalue weighted by Crippen LogP contribution is -2.15. The van der Waals surface area contributed by atoms with Crippen LogP contribution in [0.4, 0.5) is 5.69 Å². The van der Waals surface area contributed by atoms with Crippen LogP contribution in [-0.2, 0) is 0 Å². The molecule has 0 saturated heterocycles. The van der Waals surface area contributed by atoms with E-state index >= 15 is 0 Å². The van der Waals surface area contributed by atoms with Crippen LogP contribution in [-0.4, -0.2) is 11.0 Å². The summed E-state index contributed by atoms with van der Waals surface area (Å²) >= 11 is 0. The largest absolute Gasteiger partial charge is 0.506 e. The Labute approximate surface area is 160 Å². The number of aromatic hydroxyl groups is 1. The van der Waals surface area contributed by atoms with Crippen molar-refractivity contribution in [3.63, 3.8) is 0 Å². The van der Waals surface area contributed by atoms with Crippen molar-refractivity contribution in [3.05, 3.63) is 94.1 Å². The first-order valence-corrected chi connectivity index (χ1v) is 8.77. The van der Waals surface area contributed by atoms with Crippen molar-refractivity contribution >= 4 is 22.6 Å². The van der Waals surface area contributed by atoms with Crippen LogP contribution >= 0.6 is 0 Å². The highest BCUT2D eigenvalue weighted by Gasteiger charge is 2.19. The molecule has 5 heteroatoms. The first kappa shape index (κ1) is 17.5. The topological polar surface area (TPSA) is 79.5 Å². The Bertz CT molecular complexity index is 1240. The van der Waals surface area contributed by atoms with Crippen molar-refractivity contribution in [2.75, 3.05) is 5.32 Å². The molecule has 0 bridgehead atoms. The predicted octanol–water partition coefficient (Wildman–Crippen LogP) is 4.73. The van der Waals surface area contributed by atoms with Gasteiger partial charge in [-0.05, 0) is 31.2 Å². The van der Waals surface area contributed by atoms with Crippen LogP contribution in [0.5, 0.6) is 5.75 Å². The number of amides is 1. The van der Waals surface area contributed by atoms with Crippen LogP contribution in [0, 0.1) is 6.92 Å². The fourth-order valence-electron chi connectivity index (χ4n) is 3.12. The molecular formula is C23H17NO4. The Hall–Kier alpha value is -3.86. The summed E-state index contributed by atoms with van der Waals surface area (Å²) in [6.07, 6.45) is 0. The number of hydrogen-bond donors (Lipinski definition) is 2. The van der Waals surface area contributed by atoms with Crippen LogP contribution < -0.4 is 10.7 Å². The van der Waals surface area contributed by atoms with Gasteiger partial charge in [0.1, 0.15) is 11.5 Å². The normalized spacial score (nSPS) is 10.8. The molecule has 0 aliphatic rings. The van der Waals surface area contributed by atoms with Crippen LogP contribution in [0.2, 0.25) is 0 Å². The summed E-state index contributed by atoms with van der Waals surface area (Å²) in [5, 5.41) is 12.9. The molecule has 28 heavy (non-hydrogen) atoms. The van der Waals surface area contributed by atoms with Gasteiger partial charge in [0.2, 0.25) is 0 Å². The molecule has 138 valence electrons. The van der Waals surface area contributed by atoms with Crippen molar-refractivity contribution in [2.45, 2.75) is 6.92 Å². The Morgan fingerprint density at radius 2 is 1.64 bits per heavy atom. The minimum absolute atomic E-state index is 0.0432. The number of phenols is 1. The van der Waals surface area contributed by atoms with E-state index in [2.05, 4.69) is 5.32 Å². The quantitative estimate of drug-likeness (QED) is 0.511. The smallest absolute Gasteiger partial charge is 0.259 e. The molecule has 1 heterocycles. The Kier molecular flexibility index (Phi) is 4.41. The zero-order chi connectivity index (χ0) is 19.7. The molecule has 0 atom stereocenters. The second-order valence-electron chi connectivity index (χ2n) is 6.40. The molecule has 0 fully saturated rings. The molecule has 4 rings (SSSR count). The van der Waals surface area contributed by atoms with Gasteiger partial charge in [-0.25, -0.2) is 0 Å². The fourth-order valence-corrected chi connectivity index (χ4v) is 3.12. The van der Waals surface area contributed by atoms with E-state index in [0.717, 1.165) is 5.56 Å². The zero-order valence-corrected chi connectivity index (χ0v) is 15.1. The van der Waals surface area contributed by atoms with Gasteiger partial charge in [-0.3, -0.25) is 9.59 Å². The van der Waals surface area contributed by atoms with Gasteiger partial charge in [0, 0.05) is 11.1 Å². The molecule has 0 aliphatic carbocycles. The van der Waals surface area contributed by atoms with Gasteiger partial charge in [-0.2, -0.15) is 0 Å². The maximum absolute atomic E-state index is 12.9. The Balaban J connectivity index is 1.88. The molecule has 0 saturated carbocycles. The lowest BCUT2D eigenvalue weighted by atomic mass is 10.0. The molecule has 2 N–H and O–H groups in total. The molecule has 1 amide bonds. The van der Waals surface area contributed by atoms with Gasteiger partial charge in [0.15, 0.2) is 11.0 Å². The SMILES string of the molecule is Cc1c(-c2ccccc2)oc2c(C(=O)Nc3ccccc3O)cccc2c1=O. The number of benzene rings is 3. The number of para-hydroxylation sites is 3. The highest BCUT2D eigenvalue weighted by molar-refractivity contribution is 6.12. The number of carbonyl (C=O) groups is 1. The maximum Gasteiger partial charge on any atom is 0.259 e. The zero-order valence-electron chi connectivity index (χ0n) is 15.1. The number of anilines is 1. The van der Waals surface area contributed by atoms with Crippen molar-refractivity contribution < 1.29 is 14.3 Å². The first-order chi connectivity index (χ1) is 13.6. The van der Waals surface area contributed by atoms with E-state index < -0.39 is 5.91 Å². The van der Waals surface area contributed by atoms with E-state index in [4.69, 9.17) is 4.42 Å². The number of rotatable bonds is 3. The number of carbonyl (C=O) groups excluding carboxylic acids is 1. The highest BCUT2D eigenvalue weighted by atomic mass is 16.3. The minimum Gasteiger partial charge on any atom is -0.506 e. The van der Waals surface area contributed by atoms with Gasteiger partial charge >= 0.3 is 0 Å². The highest BCUT2D eigenvalue weighted by Crippen LogP contribution is 2.28. The number of nitrogens with one attached hydrogen (secondary N) is 1. The van der Waals surface area contributed by atoms with E-state index in [0.29, 0.717) is 16.7 Å². The summed E-state index contributed by atoms with van der Waals surface area (Å²) in [5.41, 5.74) is 1.77. The van der Waals surface area contributed by atoms with E-state index in [1.165, 1.54) is 6.07 Å². The molecule has 0 unspecified atom stereocenters. The third-order valence-electron chi connectivity index (χ3n) is 4.58. The number of hydrogen-bond acceptors (Lipinski definition) is 4. The van der Waals surface area contributed by atoms with Crippen LogP contribution in [0.25, 0.3) is 22.3 Å². The van der Waals surface area contributed by atoms with Crippen LogP contribution in [0.3, 0.4) is 0 Å². The first-order valence-electron chi connectivity index (χ1n) is 8.77. The van der Waals surface area contributed by atoms with E-state index in [1.54, 1.807) is 43.3 Å². The molecule has 5 nitrogen and oxygen atoms in total. The standard InChI is InChI=1S/C23H17NO4/c1-14-20(26)16-10-7-11-17(23(27)24-18-12-5-6-13-19(18)25)22(16)28-21(14)15-8-3-2-4-9-15/h2-13,25H,1H3,(H,24,27). The second kappa shape index (κ2) is 7.04. The van der Waals surface area contributed by atoms with Crippen molar-refractivity contribution in [3.8, 4) is 17.1 Å². The predicted molar refractivity (Wildman–Crippen MR) is 109 cm³/mol. The lowest BCUT2D eigenvalue weighted by Gasteiger charge is -2.11. The van der Waals surface area contributed by atoms with Crippen LogP contribution in [0.15, 0.2) is 82.0 Å². The summed E-state index contributed by atoms with van der Waals surface area (Å²) in [4.78, 5) is 25.7. The monoisotopic (exact) mass is 371 g/mol. The summed E-state index contributed by atoms with van der Waals surface area (Å²) in [5.74, 6) is -0.0858. The summed E-state index contributed by atoms with van der Waals surface area (Å²) in [6.45, 7) is 1.71. The molecule has 0 radical (unpaired) electrons. The second-order valence-corrected chi connectivity index (χ2v) is 6.40. The Morgan fingerprint density at radius 3 is 2.39 bits per heavy atom. The third-order valence-corrected chi connectivity index (χ3v) is 4.58. The molecule has 3 aromatic carbocycles. The summed E-state index contributed by atoms with van der Waals surface area (Å²) in [6, 6.07) is 20.6. The van der Waals surface area contributed by atoms with Gasteiger partial charge in [-0.15, -0.1) is 0 Å². The molecule has 4 aromatic rings. The third kappa shape index (κ3) is 3.03. The van der Waals surface area contributed by atoms with Crippen molar-refractivity contribution in [1.82, 2.24) is 0 Å². The van der Waals surface area contributed by atoms with Gasteiger partial charge in [0.05, 0.1) is 16.6 Å². The van der Waals surface area contributed by atoms with E-state index in [-0.39, 0.29) is 28.0 Å². The van der Waals surface area contributed by atoms with Gasteiger partial charge < -0.3 is 14.8 Å². The maximum atomic E-state index is 12.9. The molecule has 0 spiro atoms. The van der Waals surface area contributed by atoms with E-state index in [1.807, 2.05) is 30.3 Å². The Morgan fingerprint density at radius 1 is 0.929 bits per heavy atom. The average Bonchev–Trinajstić information content (AvgIpc) is 2.72. The summed E-state index contributed by atoms with van der Waals surface area (Å²) < 4.78 is 6.06. The average molecular weight is 371 g/mol. The van der Waals surface area contributed by atoms with Crippen molar-refractivity contribution in [2.24, 2.45) is 0 Å². The van der Waals surface area contributed by atoms with Crippen LogP contribution in [0.1, 0.15) is 15.9 Å². The fraction of sp³-hybridized carbons (Fsp3) is 0.0435. The molecular weight excluding hydrogens is 354 g/mol. The van der Waals surface area contributed by atoms with Crippen molar-refractivity contribution in [1.29, 1.82) is 0 Å². The van der Waals surface area contributed by atoms with Gasteiger partial charge in [0.25, 0.3) is 5.91 Å². The lowest BCUT2D eigenvalue weighted by molar-refractivity contribution is 0.102. The minimum atomic E-state index is -0.474.